The van der Waals surface area contributed by atoms with E-state index in [4.69, 9.17) is 10.5 Å². The van der Waals surface area contributed by atoms with Crippen LogP contribution in [0.5, 0.6) is 0 Å². The number of carbonyl (C=O) groups excluding carboxylic acids is 1. The van der Waals surface area contributed by atoms with Crippen molar-refractivity contribution < 1.29 is 9.53 Å². The molecule has 0 bridgehead atoms. The first kappa shape index (κ1) is 11.5. The van der Waals surface area contributed by atoms with Gasteiger partial charge in [0, 0.05) is 19.0 Å². The van der Waals surface area contributed by atoms with Crippen molar-refractivity contribution in [1.82, 2.24) is 4.90 Å². The first-order valence-corrected chi connectivity index (χ1v) is 5.18. The molecule has 1 heterocycles. The van der Waals surface area contributed by atoms with Crippen molar-refractivity contribution in [3.63, 3.8) is 0 Å². The van der Waals surface area contributed by atoms with Gasteiger partial charge in [-0.15, -0.1) is 0 Å². The number of morpholine rings is 1. The molecule has 1 aliphatic heterocycles. The van der Waals surface area contributed by atoms with Crippen molar-refractivity contribution >= 4 is 5.91 Å². The SMILES string of the molecule is CC1CN(C(=O)C(C)CN)C(C)CO1. The van der Waals surface area contributed by atoms with Crippen LogP contribution in [0.4, 0.5) is 0 Å². The molecule has 3 unspecified atom stereocenters. The Bertz CT molecular complexity index is 208. The topological polar surface area (TPSA) is 55.6 Å². The molecule has 1 amide bonds. The predicted octanol–water partition coefficient (Wildman–Crippen LogP) is 0.217. The lowest BCUT2D eigenvalue weighted by atomic mass is 10.1. The molecule has 0 radical (unpaired) electrons. The Morgan fingerprint density at radius 3 is 2.86 bits per heavy atom. The van der Waals surface area contributed by atoms with Crippen LogP contribution in [0.15, 0.2) is 0 Å². The molecule has 4 heteroatoms. The maximum Gasteiger partial charge on any atom is 0.227 e. The van der Waals surface area contributed by atoms with E-state index in [9.17, 15) is 4.79 Å². The van der Waals surface area contributed by atoms with E-state index in [2.05, 4.69) is 0 Å². The lowest BCUT2D eigenvalue weighted by molar-refractivity contribution is -0.146. The molecule has 1 aliphatic rings. The third-order valence-electron chi connectivity index (χ3n) is 2.67. The Morgan fingerprint density at radius 1 is 1.64 bits per heavy atom. The second-order valence-corrected chi connectivity index (χ2v) is 4.12. The van der Waals surface area contributed by atoms with Gasteiger partial charge in [-0.05, 0) is 13.8 Å². The summed E-state index contributed by atoms with van der Waals surface area (Å²) in [6, 6.07) is 0.174. The van der Waals surface area contributed by atoms with E-state index in [0.29, 0.717) is 19.7 Å². The fourth-order valence-electron chi connectivity index (χ4n) is 1.59. The van der Waals surface area contributed by atoms with E-state index >= 15 is 0 Å². The zero-order valence-corrected chi connectivity index (χ0v) is 9.19. The summed E-state index contributed by atoms with van der Waals surface area (Å²) in [5, 5.41) is 0. The highest BCUT2D eigenvalue weighted by atomic mass is 16.5. The Kier molecular flexibility index (Phi) is 3.89. The molecule has 0 spiro atoms. The molecule has 4 nitrogen and oxygen atoms in total. The van der Waals surface area contributed by atoms with Crippen molar-refractivity contribution in [2.24, 2.45) is 11.7 Å². The second kappa shape index (κ2) is 4.75. The molecule has 1 fully saturated rings. The molecule has 2 N–H and O–H groups in total. The van der Waals surface area contributed by atoms with Gasteiger partial charge >= 0.3 is 0 Å². The van der Waals surface area contributed by atoms with E-state index in [1.807, 2.05) is 25.7 Å². The average Bonchev–Trinajstić information content (AvgIpc) is 2.19. The number of nitrogens with two attached hydrogens (primary N) is 1. The van der Waals surface area contributed by atoms with E-state index < -0.39 is 0 Å². The molecule has 82 valence electrons. The van der Waals surface area contributed by atoms with Crippen LogP contribution < -0.4 is 5.73 Å². The van der Waals surface area contributed by atoms with Crippen LogP contribution in [0.25, 0.3) is 0 Å². The number of carbonyl (C=O) groups is 1. The number of amides is 1. The molecule has 1 saturated heterocycles. The van der Waals surface area contributed by atoms with E-state index in [1.54, 1.807) is 0 Å². The summed E-state index contributed by atoms with van der Waals surface area (Å²) >= 11 is 0. The average molecular weight is 200 g/mol. The number of hydrogen-bond acceptors (Lipinski definition) is 3. The van der Waals surface area contributed by atoms with Gasteiger partial charge in [0.1, 0.15) is 0 Å². The normalized spacial score (nSPS) is 30.1. The summed E-state index contributed by atoms with van der Waals surface area (Å²) in [7, 11) is 0. The number of ether oxygens (including phenoxy) is 1. The van der Waals surface area contributed by atoms with E-state index in [0.717, 1.165) is 0 Å². The third kappa shape index (κ3) is 2.45. The van der Waals surface area contributed by atoms with Crippen molar-refractivity contribution in [1.29, 1.82) is 0 Å². The maximum absolute atomic E-state index is 11.9. The zero-order valence-electron chi connectivity index (χ0n) is 9.19. The second-order valence-electron chi connectivity index (χ2n) is 4.12. The number of rotatable bonds is 2. The Balaban J connectivity index is 2.60. The van der Waals surface area contributed by atoms with Crippen LogP contribution in [-0.2, 0) is 9.53 Å². The summed E-state index contributed by atoms with van der Waals surface area (Å²) in [5.41, 5.74) is 5.48. The van der Waals surface area contributed by atoms with E-state index in [1.165, 1.54) is 0 Å². The first-order valence-electron chi connectivity index (χ1n) is 5.18. The predicted molar refractivity (Wildman–Crippen MR) is 54.8 cm³/mol. The minimum Gasteiger partial charge on any atom is -0.375 e. The Hall–Kier alpha value is -0.610. The van der Waals surface area contributed by atoms with Gasteiger partial charge < -0.3 is 15.4 Å². The van der Waals surface area contributed by atoms with Crippen LogP contribution in [0.3, 0.4) is 0 Å². The molecule has 0 saturated carbocycles. The highest BCUT2D eigenvalue weighted by Crippen LogP contribution is 2.14. The molecule has 0 aromatic carbocycles. The Morgan fingerprint density at radius 2 is 2.29 bits per heavy atom. The largest absolute Gasteiger partial charge is 0.375 e. The first-order chi connectivity index (χ1) is 6.56. The summed E-state index contributed by atoms with van der Waals surface area (Å²) in [4.78, 5) is 13.8. The van der Waals surface area contributed by atoms with Crippen LogP contribution in [0.1, 0.15) is 20.8 Å². The van der Waals surface area contributed by atoms with Gasteiger partial charge in [-0.1, -0.05) is 6.92 Å². The van der Waals surface area contributed by atoms with Crippen LogP contribution in [0, 0.1) is 5.92 Å². The fraction of sp³-hybridized carbons (Fsp3) is 0.900. The van der Waals surface area contributed by atoms with Crippen molar-refractivity contribution in [3.8, 4) is 0 Å². The third-order valence-corrected chi connectivity index (χ3v) is 2.67. The molecule has 0 aromatic rings. The monoisotopic (exact) mass is 200 g/mol. The molecule has 3 atom stereocenters. The smallest absolute Gasteiger partial charge is 0.227 e. The van der Waals surface area contributed by atoms with Gasteiger partial charge in [-0.25, -0.2) is 0 Å². The summed E-state index contributed by atoms with van der Waals surface area (Å²) in [5.74, 6) is 0.0675. The summed E-state index contributed by atoms with van der Waals surface area (Å²) in [6.45, 7) is 7.59. The quantitative estimate of drug-likeness (QED) is 0.693. The van der Waals surface area contributed by atoms with Crippen LogP contribution in [-0.4, -0.2) is 42.6 Å². The van der Waals surface area contributed by atoms with Crippen molar-refractivity contribution in [2.75, 3.05) is 19.7 Å². The van der Waals surface area contributed by atoms with E-state index in [-0.39, 0.29) is 24.0 Å². The Labute approximate surface area is 85.4 Å². The van der Waals surface area contributed by atoms with Gasteiger partial charge in [-0.2, -0.15) is 0 Å². The fourth-order valence-corrected chi connectivity index (χ4v) is 1.59. The van der Waals surface area contributed by atoms with Gasteiger partial charge in [0.15, 0.2) is 0 Å². The lowest BCUT2D eigenvalue weighted by Crippen LogP contribution is -2.52. The minimum absolute atomic E-state index is 0.0808. The minimum atomic E-state index is -0.0808. The highest BCUT2D eigenvalue weighted by Gasteiger charge is 2.29. The standard InChI is InChI=1S/C10H20N2O2/c1-7(4-11)10(13)12-5-9(3)14-6-8(12)2/h7-9H,4-6,11H2,1-3H3. The molecule has 1 rings (SSSR count). The number of hydrogen-bond donors (Lipinski definition) is 1. The summed E-state index contributed by atoms with van der Waals surface area (Å²) < 4.78 is 5.46. The maximum atomic E-state index is 11.9. The summed E-state index contributed by atoms with van der Waals surface area (Å²) in [6.07, 6.45) is 0.139. The van der Waals surface area contributed by atoms with Gasteiger partial charge in [0.05, 0.1) is 18.8 Å². The zero-order chi connectivity index (χ0) is 10.7. The molecule has 0 aromatic heterocycles. The molecular weight excluding hydrogens is 180 g/mol. The molecule has 0 aliphatic carbocycles. The van der Waals surface area contributed by atoms with Gasteiger partial charge in [0.25, 0.3) is 0 Å². The van der Waals surface area contributed by atoms with Gasteiger partial charge in [0.2, 0.25) is 5.91 Å². The lowest BCUT2D eigenvalue weighted by Gasteiger charge is -2.38. The van der Waals surface area contributed by atoms with Crippen molar-refractivity contribution in [3.05, 3.63) is 0 Å². The van der Waals surface area contributed by atoms with Crippen LogP contribution >= 0.6 is 0 Å². The molecular formula is C10H20N2O2. The molecule has 14 heavy (non-hydrogen) atoms. The van der Waals surface area contributed by atoms with Gasteiger partial charge in [-0.3, -0.25) is 4.79 Å². The van der Waals surface area contributed by atoms with Crippen LogP contribution in [0.2, 0.25) is 0 Å². The number of nitrogens with zero attached hydrogens (tertiary/aromatic N) is 1. The highest BCUT2D eigenvalue weighted by molar-refractivity contribution is 5.79. The van der Waals surface area contributed by atoms with Crippen molar-refractivity contribution in [2.45, 2.75) is 32.9 Å².